The van der Waals surface area contributed by atoms with Crippen molar-refractivity contribution in [1.82, 2.24) is 5.32 Å². The van der Waals surface area contributed by atoms with E-state index in [-0.39, 0.29) is 11.3 Å². The Kier molecular flexibility index (Phi) is 5.75. The molecule has 0 radical (unpaired) electrons. The molecule has 4 nitrogen and oxygen atoms in total. The SMILES string of the molecule is COc1cc(CNC(=O)C2(c3cccc(C)c3)CC2)ccc1OCc1ccccc1. The van der Waals surface area contributed by atoms with Gasteiger partial charge in [-0.05, 0) is 48.6 Å². The molecule has 0 saturated heterocycles. The molecule has 1 aliphatic carbocycles. The quantitative estimate of drug-likeness (QED) is 0.582. The third-order valence-electron chi connectivity index (χ3n) is 5.67. The zero-order valence-electron chi connectivity index (χ0n) is 17.5. The number of nitrogens with one attached hydrogen (secondary N) is 1. The maximum absolute atomic E-state index is 12.9. The van der Waals surface area contributed by atoms with E-state index < -0.39 is 0 Å². The van der Waals surface area contributed by atoms with Gasteiger partial charge in [0.25, 0.3) is 0 Å². The van der Waals surface area contributed by atoms with Crippen LogP contribution in [0.2, 0.25) is 0 Å². The van der Waals surface area contributed by atoms with E-state index in [0.717, 1.165) is 29.5 Å². The topological polar surface area (TPSA) is 47.6 Å². The summed E-state index contributed by atoms with van der Waals surface area (Å²) in [7, 11) is 1.63. The van der Waals surface area contributed by atoms with Crippen molar-refractivity contribution in [3.8, 4) is 11.5 Å². The summed E-state index contributed by atoms with van der Waals surface area (Å²) in [6.07, 6.45) is 1.80. The summed E-state index contributed by atoms with van der Waals surface area (Å²) in [5.74, 6) is 1.45. The maximum Gasteiger partial charge on any atom is 0.230 e. The van der Waals surface area contributed by atoms with E-state index in [1.807, 2.05) is 54.6 Å². The Labute approximate surface area is 177 Å². The molecule has 0 unspecified atom stereocenters. The predicted molar refractivity (Wildman–Crippen MR) is 118 cm³/mol. The van der Waals surface area contributed by atoms with Gasteiger partial charge in [-0.3, -0.25) is 4.79 Å². The molecule has 1 amide bonds. The molecule has 1 aliphatic rings. The molecule has 0 atom stereocenters. The van der Waals surface area contributed by atoms with Gasteiger partial charge < -0.3 is 14.8 Å². The highest BCUT2D eigenvalue weighted by Gasteiger charge is 2.51. The lowest BCUT2D eigenvalue weighted by Gasteiger charge is -2.17. The second kappa shape index (κ2) is 8.62. The molecule has 1 N–H and O–H groups in total. The number of amides is 1. The normalized spacial score (nSPS) is 14.1. The first-order valence-corrected chi connectivity index (χ1v) is 10.3. The van der Waals surface area contributed by atoms with Crippen LogP contribution in [0.25, 0.3) is 0 Å². The van der Waals surface area contributed by atoms with Gasteiger partial charge in [-0.25, -0.2) is 0 Å². The van der Waals surface area contributed by atoms with Gasteiger partial charge in [0.05, 0.1) is 12.5 Å². The summed E-state index contributed by atoms with van der Waals surface area (Å²) < 4.78 is 11.4. The minimum atomic E-state index is -0.366. The molecule has 1 fully saturated rings. The molecule has 0 spiro atoms. The summed E-state index contributed by atoms with van der Waals surface area (Å²) in [5, 5.41) is 3.11. The van der Waals surface area contributed by atoms with Crippen LogP contribution in [-0.4, -0.2) is 13.0 Å². The third kappa shape index (κ3) is 4.33. The summed E-state index contributed by atoms with van der Waals surface area (Å²) in [4.78, 5) is 12.9. The van der Waals surface area contributed by atoms with Crippen LogP contribution in [0, 0.1) is 6.92 Å². The smallest absolute Gasteiger partial charge is 0.230 e. The van der Waals surface area contributed by atoms with Crippen molar-refractivity contribution < 1.29 is 14.3 Å². The largest absolute Gasteiger partial charge is 0.493 e. The molecule has 154 valence electrons. The highest BCUT2D eigenvalue weighted by molar-refractivity contribution is 5.91. The van der Waals surface area contributed by atoms with Gasteiger partial charge in [-0.1, -0.05) is 66.2 Å². The van der Waals surface area contributed by atoms with Gasteiger partial charge in [0.2, 0.25) is 5.91 Å². The molecule has 0 bridgehead atoms. The van der Waals surface area contributed by atoms with Gasteiger partial charge in [-0.2, -0.15) is 0 Å². The second-order valence-corrected chi connectivity index (χ2v) is 7.89. The number of ether oxygens (including phenoxy) is 2. The summed E-state index contributed by atoms with van der Waals surface area (Å²) in [5.41, 5.74) is 4.01. The Morgan fingerprint density at radius 2 is 1.73 bits per heavy atom. The lowest BCUT2D eigenvalue weighted by molar-refractivity contribution is -0.123. The number of hydrogen-bond donors (Lipinski definition) is 1. The Bertz CT molecular complexity index is 1030. The van der Waals surface area contributed by atoms with Crippen molar-refractivity contribution in [2.24, 2.45) is 0 Å². The molecule has 4 heteroatoms. The van der Waals surface area contributed by atoms with Crippen LogP contribution in [0.5, 0.6) is 11.5 Å². The van der Waals surface area contributed by atoms with E-state index in [0.29, 0.717) is 24.7 Å². The highest BCUT2D eigenvalue weighted by atomic mass is 16.5. The number of aryl methyl sites for hydroxylation is 1. The van der Waals surface area contributed by atoms with Crippen molar-refractivity contribution in [2.45, 2.75) is 38.3 Å². The minimum absolute atomic E-state index is 0.0940. The fraction of sp³-hybridized carbons (Fsp3) is 0.269. The Morgan fingerprint density at radius 3 is 2.43 bits per heavy atom. The van der Waals surface area contributed by atoms with E-state index in [2.05, 4.69) is 30.4 Å². The minimum Gasteiger partial charge on any atom is -0.493 e. The molecular weight excluding hydrogens is 374 g/mol. The Hall–Kier alpha value is -3.27. The standard InChI is InChI=1S/C26H27NO3/c1-19-7-6-10-22(15-19)26(13-14-26)25(28)27-17-21-11-12-23(24(16-21)29-2)30-18-20-8-4-3-5-9-20/h3-12,15-16H,13-14,17-18H2,1-2H3,(H,27,28). The van der Waals surface area contributed by atoms with Crippen molar-refractivity contribution in [2.75, 3.05) is 7.11 Å². The highest BCUT2D eigenvalue weighted by Crippen LogP contribution is 2.48. The van der Waals surface area contributed by atoms with E-state index >= 15 is 0 Å². The zero-order valence-corrected chi connectivity index (χ0v) is 17.5. The molecule has 3 aromatic carbocycles. The monoisotopic (exact) mass is 401 g/mol. The first-order chi connectivity index (χ1) is 14.6. The number of carbonyl (C=O) groups excluding carboxylic acids is 1. The molecule has 0 aromatic heterocycles. The molecule has 4 rings (SSSR count). The molecule has 1 saturated carbocycles. The second-order valence-electron chi connectivity index (χ2n) is 7.89. The number of benzene rings is 3. The average molecular weight is 402 g/mol. The van der Waals surface area contributed by atoms with Gasteiger partial charge in [0, 0.05) is 6.54 Å². The maximum atomic E-state index is 12.9. The van der Waals surface area contributed by atoms with Crippen LogP contribution in [0.15, 0.2) is 72.8 Å². The lowest BCUT2D eigenvalue weighted by atomic mass is 9.93. The van der Waals surface area contributed by atoms with E-state index in [1.165, 1.54) is 5.56 Å². The van der Waals surface area contributed by atoms with Crippen molar-refractivity contribution in [3.63, 3.8) is 0 Å². The fourth-order valence-electron chi connectivity index (χ4n) is 3.74. The molecule has 0 heterocycles. The van der Waals surface area contributed by atoms with Crippen LogP contribution in [0.1, 0.15) is 35.1 Å². The van der Waals surface area contributed by atoms with Crippen LogP contribution in [0.3, 0.4) is 0 Å². The van der Waals surface area contributed by atoms with Crippen LogP contribution in [0.4, 0.5) is 0 Å². The van der Waals surface area contributed by atoms with Gasteiger partial charge in [0.15, 0.2) is 11.5 Å². The number of carbonyl (C=O) groups is 1. The first kappa shape index (κ1) is 20.0. The number of rotatable bonds is 8. The van der Waals surface area contributed by atoms with Gasteiger partial charge >= 0.3 is 0 Å². The van der Waals surface area contributed by atoms with Gasteiger partial charge in [-0.15, -0.1) is 0 Å². The van der Waals surface area contributed by atoms with Crippen molar-refractivity contribution in [1.29, 1.82) is 0 Å². The zero-order chi connectivity index (χ0) is 21.0. The molecule has 30 heavy (non-hydrogen) atoms. The van der Waals surface area contributed by atoms with E-state index in [1.54, 1.807) is 7.11 Å². The molecular formula is C26H27NO3. The fourth-order valence-corrected chi connectivity index (χ4v) is 3.74. The van der Waals surface area contributed by atoms with Crippen molar-refractivity contribution >= 4 is 5.91 Å². The summed E-state index contributed by atoms with van der Waals surface area (Å²) in [6, 6.07) is 24.1. The molecule has 3 aromatic rings. The lowest BCUT2D eigenvalue weighted by Crippen LogP contribution is -2.34. The van der Waals surface area contributed by atoms with Gasteiger partial charge in [0.1, 0.15) is 6.61 Å². The number of hydrogen-bond acceptors (Lipinski definition) is 3. The average Bonchev–Trinajstić information content (AvgIpc) is 3.59. The van der Waals surface area contributed by atoms with Crippen LogP contribution < -0.4 is 14.8 Å². The predicted octanol–water partition coefficient (Wildman–Crippen LogP) is 4.93. The molecule has 0 aliphatic heterocycles. The summed E-state index contributed by atoms with van der Waals surface area (Å²) in [6.45, 7) is 3.00. The Morgan fingerprint density at radius 1 is 0.933 bits per heavy atom. The Balaban J connectivity index is 1.39. The van der Waals surface area contributed by atoms with Crippen LogP contribution >= 0.6 is 0 Å². The van der Waals surface area contributed by atoms with Crippen LogP contribution in [-0.2, 0) is 23.4 Å². The third-order valence-corrected chi connectivity index (χ3v) is 5.67. The number of methoxy groups -OCH3 is 1. The first-order valence-electron chi connectivity index (χ1n) is 10.3. The summed E-state index contributed by atoms with van der Waals surface area (Å²) >= 11 is 0. The van der Waals surface area contributed by atoms with E-state index in [4.69, 9.17) is 9.47 Å². The van der Waals surface area contributed by atoms with Crippen molar-refractivity contribution in [3.05, 3.63) is 95.1 Å². The van der Waals surface area contributed by atoms with E-state index in [9.17, 15) is 4.79 Å².